The lowest BCUT2D eigenvalue weighted by molar-refractivity contribution is -0.0351. The topological polar surface area (TPSA) is 63.3 Å². The van der Waals surface area contributed by atoms with Gasteiger partial charge in [0.2, 0.25) is 0 Å². The minimum atomic E-state index is -0.251. The van der Waals surface area contributed by atoms with Crippen LogP contribution in [0.15, 0.2) is 24.3 Å². The molecule has 2 aromatic rings. The molecular formula is C16H21FN4O2. The molecule has 1 atom stereocenters. The van der Waals surface area contributed by atoms with E-state index in [1.807, 2.05) is 6.92 Å². The van der Waals surface area contributed by atoms with E-state index in [1.54, 1.807) is 12.1 Å². The van der Waals surface area contributed by atoms with Crippen LogP contribution in [0.2, 0.25) is 0 Å². The van der Waals surface area contributed by atoms with Crippen molar-refractivity contribution < 1.29 is 13.9 Å². The molecule has 0 amide bonds. The van der Waals surface area contributed by atoms with Crippen LogP contribution < -0.4 is 4.74 Å². The zero-order valence-electron chi connectivity index (χ0n) is 13.2. The smallest absolute Gasteiger partial charge is 0.180 e. The number of halogens is 1. The minimum absolute atomic E-state index is 0.0771. The predicted molar refractivity (Wildman–Crippen MR) is 82.8 cm³/mol. The Balaban J connectivity index is 1.40. The van der Waals surface area contributed by atoms with Gasteiger partial charge in [0.25, 0.3) is 0 Å². The van der Waals surface area contributed by atoms with E-state index in [0.29, 0.717) is 19.0 Å². The van der Waals surface area contributed by atoms with Gasteiger partial charge in [-0.2, -0.15) is 5.10 Å². The highest BCUT2D eigenvalue weighted by Crippen LogP contribution is 2.19. The van der Waals surface area contributed by atoms with Gasteiger partial charge in [-0.15, -0.1) is 0 Å². The minimum Gasteiger partial charge on any atom is -0.494 e. The van der Waals surface area contributed by atoms with Crippen LogP contribution >= 0.6 is 0 Å². The monoisotopic (exact) mass is 320 g/mol. The lowest BCUT2D eigenvalue weighted by Crippen LogP contribution is -2.39. The number of benzene rings is 1. The second kappa shape index (κ2) is 7.52. The molecular weight excluding hydrogens is 299 g/mol. The first-order chi connectivity index (χ1) is 11.2. The first kappa shape index (κ1) is 15.9. The molecule has 1 aliphatic rings. The molecule has 0 saturated carbocycles. The lowest BCUT2D eigenvalue weighted by atomic mass is 10.2. The Morgan fingerprint density at radius 1 is 1.39 bits per heavy atom. The van der Waals surface area contributed by atoms with Crippen LogP contribution in [-0.4, -0.2) is 52.9 Å². The molecule has 0 bridgehead atoms. The maximum atomic E-state index is 12.8. The number of aromatic amines is 1. The first-order valence-electron chi connectivity index (χ1n) is 7.82. The molecule has 124 valence electrons. The number of morpholine rings is 1. The van der Waals surface area contributed by atoms with Crippen LogP contribution in [0.4, 0.5) is 4.39 Å². The highest BCUT2D eigenvalue weighted by molar-refractivity contribution is 5.21. The van der Waals surface area contributed by atoms with Crippen LogP contribution in [0.25, 0.3) is 0 Å². The van der Waals surface area contributed by atoms with E-state index in [-0.39, 0.29) is 11.9 Å². The fourth-order valence-corrected chi connectivity index (χ4v) is 2.57. The van der Waals surface area contributed by atoms with Gasteiger partial charge in [-0.05, 0) is 37.6 Å². The van der Waals surface area contributed by atoms with Crippen molar-refractivity contribution in [1.29, 1.82) is 0 Å². The van der Waals surface area contributed by atoms with Gasteiger partial charge in [0.15, 0.2) is 5.82 Å². The summed E-state index contributed by atoms with van der Waals surface area (Å²) >= 11 is 0. The number of aryl methyl sites for hydroxylation is 1. The number of hydrogen-bond donors (Lipinski definition) is 1. The standard InChI is InChI=1S/C16H21FN4O2/c1-12-18-16(20-19-12)15-11-21(8-10-23-15)7-2-9-22-14-5-3-13(17)4-6-14/h3-6,15H,2,7-11H2,1H3,(H,18,19,20)/t15-/m0/s1. The summed E-state index contributed by atoms with van der Waals surface area (Å²) in [6, 6.07) is 6.10. The third kappa shape index (κ3) is 4.49. The van der Waals surface area contributed by atoms with Crippen molar-refractivity contribution in [3.63, 3.8) is 0 Å². The normalized spacial score (nSPS) is 19.0. The molecule has 1 N–H and O–H groups in total. The van der Waals surface area contributed by atoms with Gasteiger partial charge in [0.1, 0.15) is 23.5 Å². The molecule has 1 fully saturated rings. The average molecular weight is 320 g/mol. The molecule has 0 aliphatic carbocycles. The van der Waals surface area contributed by atoms with Gasteiger partial charge in [-0.3, -0.25) is 10.00 Å². The second-order valence-electron chi connectivity index (χ2n) is 5.59. The first-order valence-corrected chi connectivity index (χ1v) is 7.82. The van der Waals surface area contributed by atoms with Gasteiger partial charge in [0.05, 0.1) is 13.2 Å². The molecule has 1 aliphatic heterocycles. The van der Waals surface area contributed by atoms with Crippen LogP contribution in [0.1, 0.15) is 24.2 Å². The summed E-state index contributed by atoms with van der Waals surface area (Å²) in [7, 11) is 0. The lowest BCUT2D eigenvalue weighted by Gasteiger charge is -2.31. The number of nitrogens with one attached hydrogen (secondary N) is 1. The maximum absolute atomic E-state index is 12.8. The fraction of sp³-hybridized carbons (Fsp3) is 0.500. The van der Waals surface area contributed by atoms with Gasteiger partial charge in [-0.1, -0.05) is 0 Å². The Hall–Kier alpha value is -1.99. The van der Waals surface area contributed by atoms with Gasteiger partial charge >= 0.3 is 0 Å². The Kier molecular flexibility index (Phi) is 5.19. The summed E-state index contributed by atoms with van der Waals surface area (Å²) < 4.78 is 24.2. The molecule has 2 heterocycles. The SMILES string of the molecule is Cc1nc([C@@H]2CN(CCCOc3ccc(F)cc3)CCO2)n[nH]1. The number of ether oxygens (including phenoxy) is 2. The summed E-state index contributed by atoms with van der Waals surface area (Å²) in [6.45, 7) is 5.77. The third-order valence-corrected chi connectivity index (χ3v) is 3.75. The van der Waals surface area contributed by atoms with E-state index in [9.17, 15) is 4.39 Å². The molecule has 3 rings (SSSR count). The van der Waals surface area contributed by atoms with E-state index in [0.717, 1.165) is 37.7 Å². The summed E-state index contributed by atoms with van der Waals surface area (Å²) in [5.41, 5.74) is 0. The summed E-state index contributed by atoms with van der Waals surface area (Å²) in [5.74, 6) is 1.96. The van der Waals surface area contributed by atoms with Crippen molar-refractivity contribution in [2.45, 2.75) is 19.4 Å². The molecule has 6 nitrogen and oxygen atoms in total. The fourth-order valence-electron chi connectivity index (χ4n) is 2.57. The van der Waals surface area contributed by atoms with Crippen molar-refractivity contribution in [3.8, 4) is 5.75 Å². The largest absolute Gasteiger partial charge is 0.494 e. The number of H-pyrrole nitrogens is 1. The van der Waals surface area contributed by atoms with Crippen LogP contribution in [0.3, 0.4) is 0 Å². The van der Waals surface area contributed by atoms with Crippen molar-refractivity contribution in [1.82, 2.24) is 20.1 Å². The van der Waals surface area contributed by atoms with E-state index >= 15 is 0 Å². The van der Waals surface area contributed by atoms with Crippen molar-refractivity contribution >= 4 is 0 Å². The Morgan fingerprint density at radius 2 is 2.22 bits per heavy atom. The highest BCUT2D eigenvalue weighted by Gasteiger charge is 2.24. The highest BCUT2D eigenvalue weighted by atomic mass is 19.1. The zero-order chi connectivity index (χ0) is 16.1. The van der Waals surface area contributed by atoms with Crippen LogP contribution in [0, 0.1) is 12.7 Å². The summed E-state index contributed by atoms with van der Waals surface area (Å²) in [5, 5.41) is 7.02. The van der Waals surface area contributed by atoms with Crippen LogP contribution in [-0.2, 0) is 4.74 Å². The Morgan fingerprint density at radius 3 is 2.96 bits per heavy atom. The van der Waals surface area contributed by atoms with Gasteiger partial charge in [-0.25, -0.2) is 9.37 Å². The van der Waals surface area contributed by atoms with E-state index in [4.69, 9.17) is 9.47 Å². The molecule has 0 radical (unpaired) electrons. The Labute approximate surface area is 134 Å². The van der Waals surface area contributed by atoms with E-state index < -0.39 is 0 Å². The molecule has 7 heteroatoms. The predicted octanol–water partition coefficient (Wildman–Crippen LogP) is 2.09. The molecule has 0 unspecified atom stereocenters. The number of hydrogen-bond acceptors (Lipinski definition) is 5. The number of nitrogens with zero attached hydrogens (tertiary/aromatic N) is 3. The second-order valence-corrected chi connectivity index (χ2v) is 5.59. The van der Waals surface area contributed by atoms with E-state index in [1.165, 1.54) is 12.1 Å². The third-order valence-electron chi connectivity index (χ3n) is 3.75. The summed E-state index contributed by atoms with van der Waals surface area (Å²) in [6.07, 6.45) is 0.823. The van der Waals surface area contributed by atoms with E-state index in [2.05, 4.69) is 20.1 Å². The number of rotatable bonds is 6. The van der Waals surface area contributed by atoms with Crippen molar-refractivity contribution in [2.75, 3.05) is 32.8 Å². The molecule has 1 aromatic carbocycles. The maximum Gasteiger partial charge on any atom is 0.180 e. The quantitative estimate of drug-likeness (QED) is 0.826. The number of aromatic nitrogens is 3. The molecule has 1 saturated heterocycles. The van der Waals surface area contributed by atoms with Gasteiger partial charge in [0, 0.05) is 19.6 Å². The molecule has 0 spiro atoms. The van der Waals surface area contributed by atoms with Crippen molar-refractivity contribution in [3.05, 3.63) is 41.7 Å². The van der Waals surface area contributed by atoms with Gasteiger partial charge < -0.3 is 9.47 Å². The zero-order valence-corrected chi connectivity index (χ0v) is 13.2. The Bertz CT molecular complexity index is 617. The summed E-state index contributed by atoms with van der Waals surface area (Å²) in [4.78, 5) is 6.67. The molecule has 23 heavy (non-hydrogen) atoms. The van der Waals surface area contributed by atoms with Crippen molar-refractivity contribution in [2.24, 2.45) is 0 Å². The average Bonchev–Trinajstić information content (AvgIpc) is 3.00. The molecule has 1 aromatic heterocycles. The van der Waals surface area contributed by atoms with Crippen LogP contribution in [0.5, 0.6) is 5.75 Å².